The van der Waals surface area contributed by atoms with Gasteiger partial charge in [-0.25, -0.2) is 4.79 Å². The molecule has 1 heterocycles. The van der Waals surface area contributed by atoms with Crippen molar-refractivity contribution in [2.24, 2.45) is 11.8 Å². The van der Waals surface area contributed by atoms with Gasteiger partial charge in [-0.1, -0.05) is 44.2 Å². The first-order valence-corrected chi connectivity index (χ1v) is 10.8. The number of carbonyl (C=O) groups is 4. The van der Waals surface area contributed by atoms with Crippen molar-refractivity contribution < 1.29 is 23.9 Å². The number of alkyl carbamates (subject to hydrolysis) is 1. The van der Waals surface area contributed by atoms with Crippen LogP contribution in [0.25, 0.3) is 0 Å². The van der Waals surface area contributed by atoms with E-state index in [1.807, 2.05) is 44.2 Å². The summed E-state index contributed by atoms with van der Waals surface area (Å²) < 4.78 is 5.42. The van der Waals surface area contributed by atoms with E-state index in [0.29, 0.717) is 32.1 Å². The zero-order chi connectivity index (χ0) is 22.8. The third kappa shape index (κ3) is 8.39. The Morgan fingerprint density at radius 1 is 1.19 bits per heavy atom. The molecule has 8 nitrogen and oxygen atoms in total. The number of aldehydes is 1. The topological polar surface area (TPSA) is 114 Å². The van der Waals surface area contributed by atoms with Crippen molar-refractivity contribution >= 4 is 24.2 Å². The molecule has 3 amide bonds. The van der Waals surface area contributed by atoms with Gasteiger partial charge in [0, 0.05) is 18.9 Å². The SMILES string of the molecule is CC(C)CC(NC(=O)OC(C)Cc1ccccc1)C(=O)NC(C=O)CC1CCNC1=O. The lowest BCUT2D eigenvalue weighted by Crippen LogP contribution is -2.51. The van der Waals surface area contributed by atoms with Gasteiger partial charge in [0.25, 0.3) is 0 Å². The van der Waals surface area contributed by atoms with Crippen LogP contribution >= 0.6 is 0 Å². The van der Waals surface area contributed by atoms with Gasteiger partial charge < -0.3 is 25.5 Å². The van der Waals surface area contributed by atoms with Crippen LogP contribution in [-0.2, 0) is 25.5 Å². The van der Waals surface area contributed by atoms with Crippen molar-refractivity contribution in [2.45, 2.75) is 64.6 Å². The highest BCUT2D eigenvalue weighted by Gasteiger charge is 2.30. The monoisotopic (exact) mass is 431 g/mol. The van der Waals surface area contributed by atoms with Gasteiger partial charge in [-0.3, -0.25) is 9.59 Å². The molecule has 0 aliphatic carbocycles. The third-order valence-electron chi connectivity index (χ3n) is 5.18. The maximum Gasteiger partial charge on any atom is 0.408 e. The zero-order valence-corrected chi connectivity index (χ0v) is 18.4. The summed E-state index contributed by atoms with van der Waals surface area (Å²) in [5.41, 5.74) is 1.05. The quantitative estimate of drug-likeness (QED) is 0.464. The Bertz CT molecular complexity index is 753. The van der Waals surface area contributed by atoms with Crippen molar-refractivity contribution in [2.75, 3.05) is 6.54 Å². The van der Waals surface area contributed by atoms with Crippen LogP contribution in [0.15, 0.2) is 30.3 Å². The highest BCUT2D eigenvalue weighted by atomic mass is 16.6. The van der Waals surface area contributed by atoms with Crippen LogP contribution in [0.1, 0.15) is 45.6 Å². The van der Waals surface area contributed by atoms with Gasteiger partial charge in [-0.05, 0) is 37.7 Å². The number of benzene rings is 1. The highest BCUT2D eigenvalue weighted by Crippen LogP contribution is 2.16. The fourth-order valence-corrected chi connectivity index (χ4v) is 3.66. The number of hydrogen-bond donors (Lipinski definition) is 3. The van der Waals surface area contributed by atoms with Crippen LogP contribution in [0.3, 0.4) is 0 Å². The van der Waals surface area contributed by atoms with Gasteiger partial charge in [-0.2, -0.15) is 0 Å². The fourth-order valence-electron chi connectivity index (χ4n) is 3.66. The van der Waals surface area contributed by atoms with Gasteiger partial charge in [0.1, 0.15) is 18.4 Å². The van der Waals surface area contributed by atoms with E-state index >= 15 is 0 Å². The minimum Gasteiger partial charge on any atom is -0.446 e. The summed E-state index contributed by atoms with van der Waals surface area (Å²) in [6.07, 6.45) is 1.42. The number of hydrogen-bond acceptors (Lipinski definition) is 5. The second-order valence-electron chi connectivity index (χ2n) is 8.50. The molecule has 3 N–H and O–H groups in total. The van der Waals surface area contributed by atoms with Crippen LogP contribution in [0.5, 0.6) is 0 Å². The first kappa shape index (κ1) is 24.4. The van der Waals surface area contributed by atoms with Gasteiger partial charge in [0.05, 0.1) is 6.04 Å². The summed E-state index contributed by atoms with van der Waals surface area (Å²) in [6.45, 7) is 6.24. The summed E-state index contributed by atoms with van der Waals surface area (Å²) in [4.78, 5) is 48.4. The van der Waals surface area contributed by atoms with E-state index < -0.39 is 24.1 Å². The van der Waals surface area contributed by atoms with Crippen LogP contribution in [-0.4, -0.2) is 48.9 Å². The Hall–Kier alpha value is -2.90. The Balaban J connectivity index is 1.91. The molecular weight excluding hydrogens is 398 g/mol. The number of ether oxygens (including phenoxy) is 1. The van der Waals surface area contributed by atoms with Crippen LogP contribution in [0.2, 0.25) is 0 Å². The molecule has 1 fully saturated rings. The second-order valence-corrected chi connectivity index (χ2v) is 8.50. The number of amides is 3. The number of carbonyl (C=O) groups excluding carboxylic acids is 4. The molecule has 1 saturated heterocycles. The fraction of sp³-hybridized carbons (Fsp3) is 0.565. The molecule has 8 heteroatoms. The van der Waals surface area contributed by atoms with E-state index in [9.17, 15) is 19.2 Å². The van der Waals surface area contributed by atoms with Crippen molar-refractivity contribution in [1.29, 1.82) is 0 Å². The average molecular weight is 432 g/mol. The molecule has 0 aromatic heterocycles. The Labute approximate surface area is 183 Å². The first-order valence-electron chi connectivity index (χ1n) is 10.8. The van der Waals surface area contributed by atoms with Crippen molar-refractivity contribution in [3.8, 4) is 0 Å². The molecule has 2 rings (SSSR count). The summed E-state index contributed by atoms with van der Waals surface area (Å²) in [7, 11) is 0. The highest BCUT2D eigenvalue weighted by molar-refractivity contribution is 5.88. The van der Waals surface area contributed by atoms with Crippen molar-refractivity contribution in [1.82, 2.24) is 16.0 Å². The molecule has 0 radical (unpaired) electrons. The van der Waals surface area contributed by atoms with Gasteiger partial charge >= 0.3 is 6.09 Å². The summed E-state index contributed by atoms with van der Waals surface area (Å²) in [6, 6.07) is 8.05. The summed E-state index contributed by atoms with van der Waals surface area (Å²) in [5.74, 6) is -0.727. The lowest BCUT2D eigenvalue weighted by atomic mass is 9.98. The van der Waals surface area contributed by atoms with Gasteiger partial charge in [0.15, 0.2) is 0 Å². The normalized spacial score (nSPS) is 18.6. The molecule has 4 unspecified atom stereocenters. The molecule has 1 aromatic carbocycles. The second kappa shape index (κ2) is 12.1. The van der Waals surface area contributed by atoms with Crippen molar-refractivity contribution in [3.05, 3.63) is 35.9 Å². The van der Waals surface area contributed by atoms with Gasteiger partial charge in [-0.15, -0.1) is 0 Å². The number of nitrogens with one attached hydrogen (secondary N) is 3. The first-order chi connectivity index (χ1) is 14.8. The smallest absolute Gasteiger partial charge is 0.408 e. The molecule has 1 aliphatic heterocycles. The van der Waals surface area contributed by atoms with E-state index in [-0.39, 0.29) is 30.3 Å². The van der Waals surface area contributed by atoms with E-state index in [0.717, 1.165) is 5.56 Å². The lowest BCUT2D eigenvalue weighted by Gasteiger charge is -2.23. The molecular formula is C23H33N3O5. The predicted octanol–water partition coefficient (Wildman–Crippen LogP) is 1.97. The molecule has 31 heavy (non-hydrogen) atoms. The maximum absolute atomic E-state index is 12.8. The van der Waals surface area contributed by atoms with E-state index in [1.54, 1.807) is 6.92 Å². The molecule has 1 aliphatic rings. The molecule has 1 aromatic rings. The summed E-state index contributed by atoms with van der Waals surface area (Å²) >= 11 is 0. The molecule has 4 atom stereocenters. The molecule has 170 valence electrons. The van der Waals surface area contributed by atoms with Crippen LogP contribution < -0.4 is 16.0 Å². The van der Waals surface area contributed by atoms with Crippen molar-refractivity contribution in [3.63, 3.8) is 0 Å². The summed E-state index contributed by atoms with van der Waals surface area (Å²) in [5, 5.41) is 8.01. The standard InChI is InChI=1S/C23H33N3O5/c1-15(2)11-20(22(29)25-19(14-27)13-18-9-10-24-21(18)28)26-23(30)31-16(3)12-17-7-5-4-6-8-17/h4-8,14-16,18-20H,9-13H2,1-3H3,(H,24,28)(H,25,29)(H,26,30). The van der Waals surface area contributed by atoms with E-state index in [1.165, 1.54) is 0 Å². The van der Waals surface area contributed by atoms with E-state index in [2.05, 4.69) is 16.0 Å². The molecule has 0 spiro atoms. The lowest BCUT2D eigenvalue weighted by molar-refractivity contribution is -0.127. The Morgan fingerprint density at radius 2 is 1.90 bits per heavy atom. The third-order valence-corrected chi connectivity index (χ3v) is 5.18. The largest absolute Gasteiger partial charge is 0.446 e. The Morgan fingerprint density at radius 3 is 2.48 bits per heavy atom. The van der Waals surface area contributed by atoms with Crippen LogP contribution in [0, 0.1) is 11.8 Å². The maximum atomic E-state index is 12.8. The zero-order valence-electron chi connectivity index (χ0n) is 18.4. The minimum atomic E-state index is -0.837. The van der Waals surface area contributed by atoms with Crippen LogP contribution in [0.4, 0.5) is 4.79 Å². The number of rotatable bonds is 11. The average Bonchev–Trinajstić information content (AvgIpc) is 3.11. The Kier molecular flexibility index (Phi) is 9.49. The van der Waals surface area contributed by atoms with E-state index in [4.69, 9.17) is 4.74 Å². The predicted molar refractivity (Wildman–Crippen MR) is 116 cm³/mol. The van der Waals surface area contributed by atoms with Gasteiger partial charge in [0.2, 0.25) is 11.8 Å². The molecule has 0 bridgehead atoms. The molecule has 0 saturated carbocycles. The minimum absolute atomic E-state index is 0.103.